The number of likely N-dealkylation sites (tertiary alicyclic amines) is 1. The third-order valence-corrected chi connectivity index (χ3v) is 4.44. The van der Waals surface area contributed by atoms with Gasteiger partial charge in [0.25, 0.3) is 5.91 Å². The van der Waals surface area contributed by atoms with Gasteiger partial charge < -0.3 is 10.6 Å². The van der Waals surface area contributed by atoms with Crippen molar-refractivity contribution in [1.82, 2.24) is 9.88 Å². The van der Waals surface area contributed by atoms with Gasteiger partial charge in [-0.25, -0.2) is 9.37 Å². The number of nitrogen functional groups attached to an aromatic ring is 1. The Morgan fingerprint density at radius 3 is 2.42 bits per heavy atom. The third kappa shape index (κ3) is 3.69. The Morgan fingerprint density at radius 1 is 1.12 bits per heavy atom. The van der Waals surface area contributed by atoms with Crippen molar-refractivity contribution in [3.63, 3.8) is 0 Å². The fourth-order valence-corrected chi connectivity index (χ4v) is 3.07. The maximum Gasteiger partial charge on any atom is 0.258 e. The molecule has 0 unspecified atom stereocenters. The standard InChI is InChI=1S/C18H19F2N3O/c19-14-3-1-12(2-4-14)11-13-7-9-23(10-8-13)18(24)15-5-6-16(21)22-17(15)20/h1-6,13H,7-11H2,(H2,21,22). The number of aromatic nitrogens is 1. The Bertz CT molecular complexity index is 726. The summed E-state index contributed by atoms with van der Waals surface area (Å²) < 4.78 is 26.7. The van der Waals surface area contributed by atoms with E-state index in [2.05, 4.69) is 4.98 Å². The van der Waals surface area contributed by atoms with Crippen LogP contribution in [-0.2, 0) is 6.42 Å². The molecule has 1 aliphatic rings. The number of amides is 1. The number of anilines is 1. The summed E-state index contributed by atoms with van der Waals surface area (Å²) in [6.45, 7) is 1.16. The molecule has 4 nitrogen and oxygen atoms in total. The van der Waals surface area contributed by atoms with E-state index in [1.54, 1.807) is 17.0 Å². The van der Waals surface area contributed by atoms with E-state index in [0.717, 1.165) is 24.8 Å². The summed E-state index contributed by atoms with van der Waals surface area (Å²) in [5, 5.41) is 0. The van der Waals surface area contributed by atoms with Crippen molar-refractivity contribution in [1.29, 1.82) is 0 Å². The van der Waals surface area contributed by atoms with Crippen LogP contribution in [0.5, 0.6) is 0 Å². The normalized spacial score (nSPS) is 15.5. The number of halogens is 2. The summed E-state index contributed by atoms with van der Waals surface area (Å²) in [6.07, 6.45) is 2.54. The van der Waals surface area contributed by atoms with Gasteiger partial charge >= 0.3 is 0 Å². The second-order valence-electron chi connectivity index (χ2n) is 6.14. The number of hydrogen-bond donors (Lipinski definition) is 1. The van der Waals surface area contributed by atoms with Gasteiger partial charge in [0.05, 0.1) is 5.56 Å². The molecule has 0 saturated carbocycles. The Labute approximate surface area is 139 Å². The molecule has 6 heteroatoms. The molecular formula is C18H19F2N3O. The van der Waals surface area contributed by atoms with E-state index in [1.165, 1.54) is 24.3 Å². The summed E-state index contributed by atoms with van der Waals surface area (Å²) in [6, 6.07) is 9.32. The molecule has 1 aromatic carbocycles. The van der Waals surface area contributed by atoms with Crippen LogP contribution in [0.25, 0.3) is 0 Å². The van der Waals surface area contributed by atoms with Gasteiger partial charge in [0.15, 0.2) is 0 Å². The number of nitrogens with zero attached hydrogens (tertiary/aromatic N) is 2. The zero-order valence-corrected chi connectivity index (χ0v) is 13.2. The van der Waals surface area contributed by atoms with Gasteiger partial charge in [0.2, 0.25) is 5.95 Å². The van der Waals surface area contributed by atoms with Crippen molar-refractivity contribution in [2.24, 2.45) is 5.92 Å². The van der Waals surface area contributed by atoms with Gasteiger partial charge in [-0.1, -0.05) is 12.1 Å². The largest absolute Gasteiger partial charge is 0.384 e. The van der Waals surface area contributed by atoms with Gasteiger partial charge in [-0.05, 0) is 55.0 Å². The fourth-order valence-electron chi connectivity index (χ4n) is 3.07. The van der Waals surface area contributed by atoms with Gasteiger partial charge in [0, 0.05) is 13.1 Å². The van der Waals surface area contributed by atoms with Crippen molar-refractivity contribution in [2.45, 2.75) is 19.3 Å². The van der Waals surface area contributed by atoms with Crippen LogP contribution in [-0.4, -0.2) is 28.9 Å². The van der Waals surface area contributed by atoms with Crippen LogP contribution < -0.4 is 5.73 Å². The molecule has 24 heavy (non-hydrogen) atoms. The molecule has 126 valence electrons. The number of hydrogen-bond acceptors (Lipinski definition) is 3. The van der Waals surface area contributed by atoms with Crippen molar-refractivity contribution in [2.75, 3.05) is 18.8 Å². The highest BCUT2D eigenvalue weighted by Crippen LogP contribution is 2.23. The van der Waals surface area contributed by atoms with E-state index in [0.29, 0.717) is 19.0 Å². The lowest BCUT2D eigenvalue weighted by Crippen LogP contribution is -2.39. The molecule has 2 N–H and O–H groups in total. The second kappa shape index (κ2) is 6.95. The molecule has 0 radical (unpaired) electrons. The second-order valence-corrected chi connectivity index (χ2v) is 6.14. The Morgan fingerprint density at radius 2 is 1.79 bits per heavy atom. The fraction of sp³-hybridized carbons (Fsp3) is 0.333. The zero-order valence-electron chi connectivity index (χ0n) is 13.2. The number of rotatable bonds is 3. The van der Waals surface area contributed by atoms with Crippen LogP contribution in [0.3, 0.4) is 0 Å². The average molecular weight is 331 g/mol. The van der Waals surface area contributed by atoms with E-state index in [-0.39, 0.29) is 23.1 Å². The van der Waals surface area contributed by atoms with Crippen molar-refractivity contribution in [3.8, 4) is 0 Å². The van der Waals surface area contributed by atoms with Crippen molar-refractivity contribution >= 4 is 11.7 Å². The average Bonchev–Trinajstić information content (AvgIpc) is 2.57. The summed E-state index contributed by atoms with van der Waals surface area (Å²) in [5.74, 6) is -0.914. The van der Waals surface area contributed by atoms with Crippen molar-refractivity contribution < 1.29 is 13.6 Å². The number of carbonyl (C=O) groups excluding carboxylic acids is 1. The van der Waals surface area contributed by atoms with E-state index < -0.39 is 5.95 Å². The molecule has 0 atom stereocenters. The molecule has 1 saturated heterocycles. The minimum absolute atomic E-state index is 0.0406. The molecular weight excluding hydrogens is 312 g/mol. The van der Waals surface area contributed by atoms with Crippen LogP contribution >= 0.6 is 0 Å². The highest BCUT2D eigenvalue weighted by atomic mass is 19.1. The molecule has 1 aliphatic heterocycles. The Balaban J connectivity index is 1.58. The first-order valence-corrected chi connectivity index (χ1v) is 7.98. The van der Waals surface area contributed by atoms with E-state index in [9.17, 15) is 13.6 Å². The van der Waals surface area contributed by atoms with Gasteiger partial charge in [0.1, 0.15) is 11.6 Å². The van der Waals surface area contributed by atoms with Crippen LogP contribution in [0, 0.1) is 17.7 Å². The van der Waals surface area contributed by atoms with Crippen LogP contribution in [0.1, 0.15) is 28.8 Å². The van der Waals surface area contributed by atoms with Crippen LogP contribution in [0.2, 0.25) is 0 Å². The summed E-state index contributed by atoms with van der Waals surface area (Å²) in [5.41, 5.74) is 6.46. The Kier molecular flexibility index (Phi) is 4.74. The maximum absolute atomic E-state index is 13.8. The molecule has 3 rings (SSSR count). The first-order valence-electron chi connectivity index (χ1n) is 7.98. The monoisotopic (exact) mass is 331 g/mol. The highest BCUT2D eigenvalue weighted by molar-refractivity contribution is 5.94. The zero-order chi connectivity index (χ0) is 17.1. The minimum atomic E-state index is -0.826. The number of nitrogens with two attached hydrogens (primary N) is 1. The molecule has 1 aromatic heterocycles. The lowest BCUT2D eigenvalue weighted by molar-refractivity contribution is 0.0685. The maximum atomic E-state index is 13.8. The number of benzene rings is 1. The van der Waals surface area contributed by atoms with Gasteiger partial charge in [-0.3, -0.25) is 4.79 Å². The number of pyridine rings is 1. The first-order chi connectivity index (χ1) is 11.5. The predicted molar refractivity (Wildman–Crippen MR) is 87.3 cm³/mol. The van der Waals surface area contributed by atoms with Crippen molar-refractivity contribution in [3.05, 3.63) is 59.3 Å². The minimum Gasteiger partial charge on any atom is -0.384 e. The smallest absolute Gasteiger partial charge is 0.258 e. The first kappa shape index (κ1) is 16.4. The summed E-state index contributed by atoms with van der Waals surface area (Å²) >= 11 is 0. The molecule has 2 aromatic rings. The van der Waals surface area contributed by atoms with Crippen LogP contribution in [0.4, 0.5) is 14.6 Å². The molecule has 1 amide bonds. The molecule has 0 aliphatic carbocycles. The number of piperidine rings is 1. The molecule has 2 heterocycles. The van der Waals surface area contributed by atoms with Crippen LogP contribution in [0.15, 0.2) is 36.4 Å². The van der Waals surface area contributed by atoms with Gasteiger partial charge in [-0.2, -0.15) is 4.39 Å². The number of carbonyl (C=O) groups is 1. The summed E-state index contributed by atoms with van der Waals surface area (Å²) in [7, 11) is 0. The SMILES string of the molecule is Nc1ccc(C(=O)N2CCC(Cc3ccc(F)cc3)CC2)c(F)n1. The topological polar surface area (TPSA) is 59.2 Å². The third-order valence-electron chi connectivity index (χ3n) is 4.44. The Hall–Kier alpha value is -2.50. The quantitative estimate of drug-likeness (QED) is 0.880. The predicted octanol–water partition coefficient (Wildman–Crippen LogP) is 3.04. The van der Waals surface area contributed by atoms with E-state index in [1.807, 2.05) is 0 Å². The molecule has 0 spiro atoms. The van der Waals surface area contributed by atoms with E-state index in [4.69, 9.17) is 5.73 Å². The lowest BCUT2D eigenvalue weighted by Gasteiger charge is -2.32. The lowest BCUT2D eigenvalue weighted by atomic mass is 9.90. The summed E-state index contributed by atoms with van der Waals surface area (Å²) in [4.78, 5) is 17.5. The molecule has 1 fully saturated rings. The van der Waals surface area contributed by atoms with E-state index >= 15 is 0 Å². The highest BCUT2D eigenvalue weighted by Gasteiger charge is 2.25. The van der Waals surface area contributed by atoms with Gasteiger partial charge in [-0.15, -0.1) is 0 Å². The molecule has 0 bridgehead atoms.